The SMILES string of the molecule is N=C(N)c1cccc(N2CCCCCC2)n1. The Labute approximate surface area is 96.0 Å². The molecule has 0 aliphatic carbocycles. The summed E-state index contributed by atoms with van der Waals surface area (Å²) in [5.74, 6) is 0.992. The van der Waals surface area contributed by atoms with E-state index in [1.165, 1.54) is 25.7 Å². The number of aromatic nitrogens is 1. The molecule has 1 aliphatic rings. The first-order valence-electron chi connectivity index (χ1n) is 5.84. The Kier molecular flexibility index (Phi) is 3.39. The van der Waals surface area contributed by atoms with E-state index in [0.717, 1.165) is 18.9 Å². The van der Waals surface area contributed by atoms with Crippen LogP contribution < -0.4 is 10.6 Å². The topological polar surface area (TPSA) is 66.0 Å². The summed E-state index contributed by atoms with van der Waals surface area (Å²) in [4.78, 5) is 6.71. The lowest BCUT2D eigenvalue weighted by Crippen LogP contribution is -2.26. The van der Waals surface area contributed by atoms with Gasteiger partial charge >= 0.3 is 0 Å². The molecule has 4 heteroatoms. The summed E-state index contributed by atoms with van der Waals surface area (Å²) in [5, 5.41) is 7.39. The lowest BCUT2D eigenvalue weighted by molar-refractivity contribution is 0.726. The second-order valence-electron chi connectivity index (χ2n) is 4.20. The summed E-state index contributed by atoms with van der Waals surface area (Å²) < 4.78 is 0. The van der Waals surface area contributed by atoms with Crippen molar-refractivity contribution in [1.82, 2.24) is 4.98 Å². The minimum Gasteiger partial charge on any atom is -0.382 e. The maximum atomic E-state index is 7.39. The molecule has 4 nitrogen and oxygen atoms in total. The number of nitrogens with zero attached hydrogens (tertiary/aromatic N) is 2. The van der Waals surface area contributed by atoms with Crippen molar-refractivity contribution < 1.29 is 0 Å². The number of hydrogen-bond acceptors (Lipinski definition) is 3. The van der Waals surface area contributed by atoms with Crippen molar-refractivity contribution in [3.63, 3.8) is 0 Å². The molecule has 0 unspecified atom stereocenters. The van der Waals surface area contributed by atoms with Crippen molar-refractivity contribution in [2.24, 2.45) is 5.73 Å². The van der Waals surface area contributed by atoms with Crippen molar-refractivity contribution in [3.05, 3.63) is 23.9 Å². The molecule has 0 saturated carbocycles. The van der Waals surface area contributed by atoms with Crippen molar-refractivity contribution in [2.45, 2.75) is 25.7 Å². The highest BCUT2D eigenvalue weighted by atomic mass is 15.2. The van der Waals surface area contributed by atoms with Gasteiger partial charge in [0.1, 0.15) is 17.3 Å². The molecule has 1 aromatic rings. The first kappa shape index (κ1) is 10.9. The second kappa shape index (κ2) is 4.96. The molecule has 2 heterocycles. The molecule has 0 amide bonds. The Bertz CT molecular complexity index is 367. The molecule has 1 saturated heterocycles. The van der Waals surface area contributed by atoms with Crippen LogP contribution in [0.5, 0.6) is 0 Å². The molecular weight excluding hydrogens is 200 g/mol. The van der Waals surface area contributed by atoms with Gasteiger partial charge in [-0.05, 0) is 25.0 Å². The lowest BCUT2D eigenvalue weighted by atomic mass is 10.2. The van der Waals surface area contributed by atoms with Gasteiger partial charge in [-0.25, -0.2) is 4.98 Å². The fraction of sp³-hybridized carbons (Fsp3) is 0.500. The molecule has 16 heavy (non-hydrogen) atoms. The smallest absolute Gasteiger partial charge is 0.141 e. The fourth-order valence-corrected chi connectivity index (χ4v) is 2.05. The van der Waals surface area contributed by atoms with Crippen molar-refractivity contribution >= 4 is 11.7 Å². The van der Waals surface area contributed by atoms with Gasteiger partial charge < -0.3 is 10.6 Å². The Morgan fingerprint density at radius 1 is 1.19 bits per heavy atom. The fourth-order valence-electron chi connectivity index (χ4n) is 2.05. The van der Waals surface area contributed by atoms with E-state index < -0.39 is 0 Å². The van der Waals surface area contributed by atoms with Crippen molar-refractivity contribution in [2.75, 3.05) is 18.0 Å². The van der Waals surface area contributed by atoms with E-state index in [2.05, 4.69) is 9.88 Å². The maximum Gasteiger partial charge on any atom is 0.141 e. The van der Waals surface area contributed by atoms with E-state index >= 15 is 0 Å². The van der Waals surface area contributed by atoms with Gasteiger partial charge in [-0.3, -0.25) is 5.41 Å². The Balaban J connectivity index is 2.18. The van der Waals surface area contributed by atoms with Crippen LogP contribution in [0.25, 0.3) is 0 Å². The molecule has 1 fully saturated rings. The van der Waals surface area contributed by atoms with Crippen LogP contribution >= 0.6 is 0 Å². The number of anilines is 1. The lowest BCUT2D eigenvalue weighted by Gasteiger charge is -2.21. The molecule has 0 spiro atoms. The van der Waals surface area contributed by atoms with Crippen LogP contribution in [0.15, 0.2) is 18.2 Å². The van der Waals surface area contributed by atoms with Gasteiger partial charge in [0.2, 0.25) is 0 Å². The first-order valence-corrected chi connectivity index (χ1v) is 5.84. The summed E-state index contributed by atoms with van der Waals surface area (Å²) >= 11 is 0. The van der Waals surface area contributed by atoms with Crippen LogP contribution in [0.2, 0.25) is 0 Å². The number of nitrogen functional groups attached to an aromatic ring is 1. The number of nitrogens with one attached hydrogen (secondary N) is 1. The largest absolute Gasteiger partial charge is 0.382 e. The number of nitrogens with two attached hydrogens (primary N) is 1. The van der Waals surface area contributed by atoms with Gasteiger partial charge in [-0.15, -0.1) is 0 Å². The van der Waals surface area contributed by atoms with Crippen LogP contribution in [0.3, 0.4) is 0 Å². The Morgan fingerprint density at radius 2 is 1.88 bits per heavy atom. The highest BCUT2D eigenvalue weighted by Gasteiger charge is 2.11. The Hall–Kier alpha value is -1.58. The highest BCUT2D eigenvalue weighted by Crippen LogP contribution is 2.17. The molecule has 1 aliphatic heterocycles. The zero-order valence-corrected chi connectivity index (χ0v) is 9.45. The monoisotopic (exact) mass is 218 g/mol. The van der Waals surface area contributed by atoms with E-state index in [0.29, 0.717) is 5.69 Å². The zero-order valence-electron chi connectivity index (χ0n) is 9.45. The van der Waals surface area contributed by atoms with Gasteiger partial charge in [-0.2, -0.15) is 0 Å². The quantitative estimate of drug-likeness (QED) is 0.587. The summed E-state index contributed by atoms with van der Waals surface area (Å²) in [6, 6.07) is 5.70. The van der Waals surface area contributed by atoms with Gasteiger partial charge in [0, 0.05) is 13.1 Å². The number of pyridine rings is 1. The predicted octanol–water partition coefficient (Wildman–Crippen LogP) is 1.75. The molecule has 0 aromatic carbocycles. The van der Waals surface area contributed by atoms with Crippen molar-refractivity contribution in [1.29, 1.82) is 5.41 Å². The third kappa shape index (κ3) is 2.51. The maximum absolute atomic E-state index is 7.39. The van der Waals surface area contributed by atoms with Gasteiger partial charge in [-0.1, -0.05) is 18.9 Å². The van der Waals surface area contributed by atoms with Crippen LogP contribution in [-0.4, -0.2) is 23.9 Å². The molecule has 0 radical (unpaired) electrons. The molecule has 0 atom stereocenters. The molecule has 3 N–H and O–H groups in total. The van der Waals surface area contributed by atoms with E-state index in [9.17, 15) is 0 Å². The first-order chi connectivity index (χ1) is 7.77. The summed E-state index contributed by atoms with van der Waals surface area (Å²) in [7, 11) is 0. The van der Waals surface area contributed by atoms with Crippen molar-refractivity contribution in [3.8, 4) is 0 Å². The summed E-state index contributed by atoms with van der Waals surface area (Å²) in [5.41, 5.74) is 6.02. The zero-order chi connectivity index (χ0) is 11.4. The van der Waals surface area contributed by atoms with Gasteiger partial charge in [0.25, 0.3) is 0 Å². The molecule has 0 bridgehead atoms. The van der Waals surface area contributed by atoms with Crippen LogP contribution in [0, 0.1) is 5.41 Å². The molecular formula is C12H18N4. The van der Waals surface area contributed by atoms with Crippen LogP contribution in [0.1, 0.15) is 31.4 Å². The minimum absolute atomic E-state index is 0.0386. The summed E-state index contributed by atoms with van der Waals surface area (Å²) in [6.07, 6.45) is 5.07. The highest BCUT2D eigenvalue weighted by molar-refractivity contribution is 5.93. The average Bonchev–Trinajstić information content (AvgIpc) is 2.57. The molecule has 1 aromatic heterocycles. The minimum atomic E-state index is 0.0386. The Morgan fingerprint density at radius 3 is 2.50 bits per heavy atom. The third-order valence-corrected chi connectivity index (χ3v) is 2.94. The molecule has 2 rings (SSSR count). The number of hydrogen-bond donors (Lipinski definition) is 2. The van der Waals surface area contributed by atoms with E-state index in [4.69, 9.17) is 11.1 Å². The summed E-state index contributed by atoms with van der Waals surface area (Å²) in [6.45, 7) is 2.13. The number of amidine groups is 1. The molecule has 86 valence electrons. The third-order valence-electron chi connectivity index (χ3n) is 2.94. The van der Waals surface area contributed by atoms with Crippen LogP contribution in [0.4, 0.5) is 5.82 Å². The van der Waals surface area contributed by atoms with E-state index in [1.807, 2.05) is 12.1 Å². The standard InChI is InChI=1S/C12H18N4/c13-12(14)10-6-5-7-11(15-10)16-8-3-1-2-4-9-16/h5-7H,1-4,8-9H2,(H3,13,14). The van der Waals surface area contributed by atoms with E-state index in [-0.39, 0.29) is 5.84 Å². The number of rotatable bonds is 2. The van der Waals surface area contributed by atoms with Gasteiger partial charge in [0.15, 0.2) is 0 Å². The predicted molar refractivity (Wildman–Crippen MR) is 65.9 cm³/mol. The van der Waals surface area contributed by atoms with Gasteiger partial charge in [0.05, 0.1) is 0 Å². The van der Waals surface area contributed by atoms with Crippen LogP contribution in [-0.2, 0) is 0 Å². The average molecular weight is 218 g/mol. The second-order valence-corrected chi connectivity index (χ2v) is 4.20. The normalized spacial score (nSPS) is 16.9. The van der Waals surface area contributed by atoms with E-state index in [1.54, 1.807) is 6.07 Å².